The van der Waals surface area contributed by atoms with Crippen LogP contribution in [0.4, 0.5) is 0 Å². The molecule has 0 amide bonds. The van der Waals surface area contributed by atoms with Gasteiger partial charge in [-0.05, 0) is 25.0 Å². The van der Waals surface area contributed by atoms with Crippen LogP contribution in [-0.2, 0) is 0 Å². The Kier molecular flexibility index (Phi) is 3.78. The van der Waals surface area contributed by atoms with Crippen LogP contribution in [0.5, 0.6) is 0 Å². The van der Waals surface area contributed by atoms with Crippen molar-refractivity contribution in [3.05, 3.63) is 33.8 Å². The molecule has 4 heteroatoms. The molecule has 2 aliphatic rings. The summed E-state index contributed by atoms with van der Waals surface area (Å²) in [5.41, 5.74) is 0.725. The number of halogens is 2. The quantitative estimate of drug-likeness (QED) is 0.822. The summed E-state index contributed by atoms with van der Waals surface area (Å²) in [5.74, 6) is 0.340. The van der Waals surface area contributed by atoms with E-state index in [9.17, 15) is 5.11 Å². The molecule has 1 aromatic rings. The molecule has 1 saturated carbocycles. The Balaban J connectivity index is 1.92. The van der Waals surface area contributed by atoms with Gasteiger partial charge in [0.15, 0.2) is 0 Å². The maximum Gasteiger partial charge on any atom is 0.117 e. The second-order valence-corrected chi connectivity index (χ2v) is 6.74. The second-order valence-electron chi connectivity index (χ2n) is 5.93. The smallest absolute Gasteiger partial charge is 0.117 e. The zero-order valence-corrected chi connectivity index (χ0v) is 12.4. The Morgan fingerprint density at radius 3 is 2.79 bits per heavy atom. The van der Waals surface area contributed by atoms with Crippen LogP contribution in [0.15, 0.2) is 18.2 Å². The molecule has 2 nitrogen and oxygen atoms in total. The molecule has 1 saturated heterocycles. The summed E-state index contributed by atoms with van der Waals surface area (Å²) in [6, 6.07) is 6.19. The van der Waals surface area contributed by atoms with E-state index in [2.05, 4.69) is 11.4 Å². The lowest BCUT2D eigenvalue weighted by Crippen LogP contribution is -2.91. The molecule has 1 heterocycles. The van der Waals surface area contributed by atoms with Crippen LogP contribution >= 0.6 is 23.2 Å². The van der Waals surface area contributed by atoms with E-state index in [1.54, 1.807) is 0 Å². The third kappa shape index (κ3) is 2.52. The standard InChI is InChI=1S/C15H19Cl2NO/c16-12-5-4-10(9-13(12)17)14-11-3-1-2-6-15(11,19)7-8-18-14/h4-5,9,11,14,18-19H,1-3,6-8H2/p+1/t11-,14+,15-/m0/s1. The van der Waals surface area contributed by atoms with Crippen molar-refractivity contribution in [1.82, 2.24) is 0 Å². The molecule has 1 aromatic carbocycles. The van der Waals surface area contributed by atoms with Crippen LogP contribution < -0.4 is 5.32 Å². The Morgan fingerprint density at radius 1 is 1.16 bits per heavy atom. The van der Waals surface area contributed by atoms with Crippen molar-refractivity contribution in [2.45, 2.75) is 43.7 Å². The third-order valence-corrected chi connectivity index (χ3v) is 5.56. The molecular formula is C15H20Cl2NO+. The highest BCUT2D eigenvalue weighted by Gasteiger charge is 2.48. The number of nitrogens with two attached hydrogens (primary N) is 1. The van der Waals surface area contributed by atoms with Crippen molar-refractivity contribution in [2.75, 3.05) is 6.54 Å². The topological polar surface area (TPSA) is 36.8 Å². The normalized spacial score (nSPS) is 34.9. The largest absolute Gasteiger partial charge is 0.389 e. The van der Waals surface area contributed by atoms with Crippen molar-refractivity contribution >= 4 is 23.2 Å². The number of hydrogen-bond donors (Lipinski definition) is 2. The van der Waals surface area contributed by atoms with Crippen LogP contribution in [0.1, 0.15) is 43.7 Å². The monoisotopic (exact) mass is 300 g/mol. The van der Waals surface area contributed by atoms with Gasteiger partial charge in [0.2, 0.25) is 0 Å². The molecule has 3 rings (SSSR count). The lowest BCUT2D eigenvalue weighted by Gasteiger charge is -2.46. The number of aliphatic hydroxyl groups is 1. The van der Waals surface area contributed by atoms with E-state index >= 15 is 0 Å². The Labute approximate surface area is 124 Å². The van der Waals surface area contributed by atoms with Crippen LogP contribution in [0, 0.1) is 5.92 Å². The van der Waals surface area contributed by atoms with Crippen molar-refractivity contribution in [1.29, 1.82) is 0 Å². The summed E-state index contributed by atoms with van der Waals surface area (Å²) in [5, 5.41) is 14.4. The number of piperidine rings is 1. The summed E-state index contributed by atoms with van der Waals surface area (Å²) >= 11 is 12.1. The fourth-order valence-corrected chi connectivity index (χ4v) is 4.15. The highest BCUT2D eigenvalue weighted by molar-refractivity contribution is 6.42. The number of fused-ring (bicyclic) bond motifs is 1. The van der Waals surface area contributed by atoms with Gasteiger partial charge in [0.1, 0.15) is 6.04 Å². The van der Waals surface area contributed by atoms with Gasteiger partial charge >= 0.3 is 0 Å². The first-order chi connectivity index (χ1) is 9.10. The molecule has 0 aromatic heterocycles. The van der Waals surface area contributed by atoms with E-state index in [1.807, 2.05) is 12.1 Å². The summed E-state index contributed by atoms with van der Waals surface area (Å²) in [7, 11) is 0. The second kappa shape index (κ2) is 5.25. The Morgan fingerprint density at radius 2 is 2.00 bits per heavy atom. The van der Waals surface area contributed by atoms with Crippen molar-refractivity contribution in [3.63, 3.8) is 0 Å². The van der Waals surface area contributed by atoms with E-state index in [1.165, 1.54) is 12.0 Å². The average Bonchev–Trinajstić information content (AvgIpc) is 2.40. The molecule has 1 aliphatic heterocycles. The third-order valence-electron chi connectivity index (χ3n) is 4.82. The SMILES string of the molecule is O[C@]12CCCC[C@H]1[C@@H](c1ccc(Cl)c(Cl)c1)[NH2+]CC2. The Bertz CT molecular complexity index is 475. The molecule has 104 valence electrons. The zero-order valence-electron chi connectivity index (χ0n) is 10.9. The van der Waals surface area contributed by atoms with Crippen molar-refractivity contribution < 1.29 is 10.4 Å². The van der Waals surface area contributed by atoms with Gasteiger partial charge in [-0.3, -0.25) is 0 Å². The van der Waals surface area contributed by atoms with E-state index in [4.69, 9.17) is 23.2 Å². The summed E-state index contributed by atoms with van der Waals surface area (Å²) in [6.45, 7) is 0.984. The van der Waals surface area contributed by atoms with E-state index in [0.717, 1.165) is 32.2 Å². The lowest BCUT2D eigenvalue weighted by molar-refractivity contribution is -0.719. The van der Waals surface area contributed by atoms with Gasteiger partial charge < -0.3 is 10.4 Å². The molecule has 3 atom stereocenters. The maximum atomic E-state index is 10.9. The summed E-state index contributed by atoms with van der Waals surface area (Å²) in [4.78, 5) is 0. The minimum Gasteiger partial charge on any atom is -0.389 e. The molecule has 0 unspecified atom stereocenters. The minimum absolute atomic E-state index is 0.314. The predicted molar refractivity (Wildman–Crippen MR) is 77.5 cm³/mol. The van der Waals surface area contributed by atoms with Gasteiger partial charge in [-0.25, -0.2) is 0 Å². The van der Waals surface area contributed by atoms with Crippen LogP contribution in [0.2, 0.25) is 10.0 Å². The van der Waals surface area contributed by atoms with Crippen LogP contribution in [0.25, 0.3) is 0 Å². The molecule has 0 spiro atoms. The minimum atomic E-state index is -0.468. The van der Waals surface area contributed by atoms with Gasteiger partial charge in [0, 0.05) is 17.9 Å². The Hall–Kier alpha value is -0.280. The highest BCUT2D eigenvalue weighted by atomic mass is 35.5. The van der Waals surface area contributed by atoms with E-state index < -0.39 is 5.60 Å². The predicted octanol–water partition coefficient (Wildman–Crippen LogP) is 2.92. The molecule has 3 N–H and O–H groups in total. The fraction of sp³-hybridized carbons (Fsp3) is 0.600. The molecule has 1 aliphatic carbocycles. The first-order valence-electron chi connectivity index (χ1n) is 7.11. The van der Waals surface area contributed by atoms with Crippen molar-refractivity contribution in [2.24, 2.45) is 5.92 Å². The van der Waals surface area contributed by atoms with Crippen LogP contribution in [-0.4, -0.2) is 17.3 Å². The first-order valence-corrected chi connectivity index (χ1v) is 7.86. The number of benzene rings is 1. The van der Waals surface area contributed by atoms with Gasteiger partial charge in [0.05, 0.1) is 22.2 Å². The molecule has 19 heavy (non-hydrogen) atoms. The average molecular weight is 301 g/mol. The molecule has 2 fully saturated rings. The lowest BCUT2D eigenvalue weighted by atomic mass is 9.67. The van der Waals surface area contributed by atoms with Crippen molar-refractivity contribution in [3.8, 4) is 0 Å². The number of quaternary nitrogens is 1. The summed E-state index contributed by atoms with van der Waals surface area (Å²) < 4.78 is 0. The summed E-state index contributed by atoms with van der Waals surface area (Å²) in [6.07, 6.45) is 5.34. The van der Waals surface area contributed by atoms with Gasteiger partial charge in [-0.2, -0.15) is 0 Å². The van der Waals surface area contributed by atoms with E-state index in [-0.39, 0.29) is 0 Å². The van der Waals surface area contributed by atoms with Gasteiger partial charge in [0.25, 0.3) is 0 Å². The number of hydrogen-bond acceptors (Lipinski definition) is 1. The highest BCUT2D eigenvalue weighted by Crippen LogP contribution is 2.43. The van der Waals surface area contributed by atoms with Crippen LogP contribution in [0.3, 0.4) is 0 Å². The van der Waals surface area contributed by atoms with Gasteiger partial charge in [-0.1, -0.05) is 42.1 Å². The van der Waals surface area contributed by atoms with Gasteiger partial charge in [-0.15, -0.1) is 0 Å². The fourth-order valence-electron chi connectivity index (χ4n) is 3.84. The zero-order chi connectivity index (χ0) is 13.5. The van der Waals surface area contributed by atoms with E-state index in [0.29, 0.717) is 22.0 Å². The maximum absolute atomic E-state index is 10.9. The molecule has 0 bridgehead atoms. The molecule has 0 radical (unpaired) electrons. The first kappa shape index (κ1) is 13.7. The molecular weight excluding hydrogens is 281 g/mol. The number of rotatable bonds is 1.